The third kappa shape index (κ3) is 2.85. The lowest BCUT2D eigenvalue weighted by atomic mass is 9.73. The highest BCUT2D eigenvalue weighted by molar-refractivity contribution is 5.11. The lowest BCUT2D eigenvalue weighted by Crippen LogP contribution is -2.46. The summed E-state index contributed by atoms with van der Waals surface area (Å²) in [7, 11) is 0. The Hall–Kier alpha value is -1.04. The molecule has 20 heavy (non-hydrogen) atoms. The van der Waals surface area contributed by atoms with Gasteiger partial charge in [0.05, 0.1) is 11.6 Å². The van der Waals surface area contributed by atoms with Crippen LogP contribution >= 0.6 is 0 Å². The smallest absolute Gasteiger partial charge is 0.115 e. The van der Waals surface area contributed by atoms with Gasteiger partial charge in [-0.25, -0.2) is 9.97 Å². The van der Waals surface area contributed by atoms with E-state index in [1.165, 1.54) is 32.1 Å². The number of hydrogen-bond donors (Lipinski definition) is 2. The standard InChI is InChI=1S/C15H24N4O/c16-19-14(13-9-17-11-18-10-13)12-4-7-20-15(8-12)5-2-1-3-6-15/h9-12,14,19H,1-8,16H2. The highest BCUT2D eigenvalue weighted by Gasteiger charge is 2.41. The van der Waals surface area contributed by atoms with Gasteiger partial charge in [-0.1, -0.05) is 19.3 Å². The molecule has 5 heteroatoms. The van der Waals surface area contributed by atoms with Crippen molar-refractivity contribution in [3.8, 4) is 0 Å². The molecule has 110 valence electrons. The molecule has 2 atom stereocenters. The minimum Gasteiger partial charge on any atom is -0.375 e. The Morgan fingerprint density at radius 1 is 1.25 bits per heavy atom. The van der Waals surface area contributed by atoms with Gasteiger partial charge in [0.1, 0.15) is 6.33 Å². The Bertz CT molecular complexity index is 414. The average Bonchev–Trinajstić information content (AvgIpc) is 2.50. The fraction of sp³-hybridized carbons (Fsp3) is 0.733. The molecule has 1 aliphatic carbocycles. The molecule has 3 rings (SSSR count). The Labute approximate surface area is 120 Å². The predicted octanol–water partition coefficient (Wildman–Crippen LogP) is 2.11. The number of rotatable bonds is 3. The third-order valence-electron chi connectivity index (χ3n) is 4.89. The van der Waals surface area contributed by atoms with E-state index in [4.69, 9.17) is 10.6 Å². The second kappa shape index (κ2) is 6.16. The first-order chi connectivity index (χ1) is 9.83. The first-order valence-corrected chi connectivity index (χ1v) is 7.68. The lowest BCUT2D eigenvalue weighted by Gasteiger charge is -2.45. The van der Waals surface area contributed by atoms with Crippen molar-refractivity contribution >= 4 is 0 Å². The van der Waals surface area contributed by atoms with Crippen LogP contribution in [0.3, 0.4) is 0 Å². The van der Waals surface area contributed by atoms with Gasteiger partial charge in [-0.3, -0.25) is 11.3 Å². The van der Waals surface area contributed by atoms with Gasteiger partial charge in [-0.05, 0) is 31.6 Å². The van der Waals surface area contributed by atoms with Crippen LogP contribution in [-0.2, 0) is 4.74 Å². The van der Waals surface area contributed by atoms with Gasteiger partial charge in [0.25, 0.3) is 0 Å². The van der Waals surface area contributed by atoms with Crippen molar-refractivity contribution in [2.45, 2.75) is 56.6 Å². The second-order valence-corrected chi connectivity index (χ2v) is 6.16. The minimum absolute atomic E-state index is 0.103. The molecular weight excluding hydrogens is 252 g/mol. The summed E-state index contributed by atoms with van der Waals surface area (Å²) in [4.78, 5) is 8.23. The van der Waals surface area contributed by atoms with Crippen molar-refractivity contribution in [3.05, 3.63) is 24.3 Å². The topological polar surface area (TPSA) is 73.1 Å². The van der Waals surface area contributed by atoms with Crippen molar-refractivity contribution < 1.29 is 4.74 Å². The number of nitrogens with zero attached hydrogens (tertiary/aromatic N) is 2. The molecular formula is C15H24N4O. The summed E-state index contributed by atoms with van der Waals surface area (Å²) >= 11 is 0. The molecule has 1 saturated carbocycles. The highest BCUT2D eigenvalue weighted by Crippen LogP contribution is 2.43. The monoisotopic (exact) mass is 276 g/mol. The van der Waals surface area contributed by atoms with Crippen LogP contribution in [0.1, 0.15) is 56.6 Å². The maximum Gasteiger partial charge on any atom is 0.115 e. The fourth-order valence-corrected chi connectivity index (χ4v) is 3.87. The number of nitrogens with one attached hydrogen (secondary N) is 1. The van der Waals surface area contributed by atoms with E-state index in [0.29, 0.717) is 5.92 Å². The van der Waals surface area contributed by atoms with Gasteiger partial charge >= 0.3 is 0 Å². The lowest BCUT2D eigenvalue weighted by molar-refractivity contribution is -0.122. The van der Waals surface area contributed by atoms with Gasteiger partial charge < -0.3 is 4.74 Å². The van der Waals surface area contributed by atoms with Crippen molar-refractivity contribution in [1.29, 1.82) is 0 Å². The number of ether oxygens (including phenoxy) is 1. The van der Waals surface area contributed by atoms with E-state index in [-0.39, 0.29) is 11.6 Å². The molecule has 2 unspecified atom stereocenters. The van der Waals surface area contributed by atoms with Gasteiger partial charge in [-0.2, -0.15) is 0 Å². The first-order valence-electron chi connectivity index (χ1n) is 7.68. The van der Waals surface area contributed by atoms with Crippen LogP contribution in [0.15, 0.2) is 18.7 Å². The Morgan fingerprint density at radius 2 is 2.00 bits per heavy atom. The fourth-order valence-electron chi connectivity index (χ4n) is 3.87. The van der Waals surface area contributed by atoms with E-state index >= 15 is 0 Å². The first kappa shape index (κ1) is 13.9. The molecule has 0 amide bonds. The molecule has 2 fully saturated rings. The largest absolute Gasteiger partial charge is 0.375 e. The minimum atomic E-state index is 0.103. The Kier molecular flexibility index (Phi) is 4.29. The highest BCUT2D eigenvalue weighted by atomic mass is 16.5. The molecule has 1 aromatic heterocycles. The van der Waals surface area contributed by atoms with Crippen LogP contribution in [0, 0.1) is 5.92 Å². The van der Waals surface area contributed by atoms with Gasteiger partial charge in [-0.15, -0.1) is 0 Å². The maximum atomic E-state index is 6.17. The second-order valence-electron chi connectivity index (χ2n) is 6.16. The zero-order valence-electron chi connectivity index (χ0n) is 11.9. The molecule has 1 aromatic rings. The molecule has 0 radical (unpaired) electrons. The normalized spacial score (nSPS) is 27.4. The average molecular weight is 276 g/mol. The molecule has 0 bridgehead atoms. The molecule has 2 aliphatic rings. The van der Waals surface area contributed by atoms with E-state index in [0.717, 1.165) is 25.0 Å². The van der Waals surface area contributed by atoms with Crippen LogP contribution in [0.4, 0.5) is 0 Å². The Balaban J connectivity index is 1.75. The molecule has 2 heterocycles. The molecule has 3 N–H and O–H groups in total. The summed E-state index contributed by atoms with van der Waals surface area (Å²) in [5.74, 6) is 6.31. The summed E-state index contributed by atoms with van der Waals surface area (Å²) in [5.41, 5.74) is 4.15. The van der Waals surface area contributed by atoms with E-state index in [1.807, 2.05) is 12.4 Å². The van der Waals surface area contributed by atoms with E-state index < -0.39 is 0 Å². The van der Waals surface area contributed by atoms with E-state index in [2.05, 4.69) is 15.4 Å². The molecule has 1 aliphatic heterocycles. The maximum absolute atomic E-state index is 6.17. The van der Waals surface area contributed by atoms with Crippen LogP contribution in [-0.4, -0.2) is 22.2 Å². The summed E-state index contributed by atoms with van der Waals surface area (Å²) in [6, 6.07) is 0.124. The van der Waals surface area contributed by atoms with Crippen molar-refractivity contribution in [3.63, 3.8) is 0 Å². The molecule has 0 aromatic carbocycles. The molecule has 5 nitrogen and oxygen atoms in total. The SMILES string of the molecule is NNC(c1cncnc1)C1CCOC2(CCCCC2)C1. The number of hydrogen-bond acceptors (Lipinski definition) is 5. The van der Waals surface area contributed by atoms with E-state index in [1.54, 1.807) is 6.33 Å². The Morgan fingerprint density at radius 3 is 2.70 bits per heavy atom. The third-order valence-corrected chi connectivity index (χ3v) is 4.89. The van der Waals surface area contributed by atoms with Gasteiger partial charge in [0.15, 0.2) is 0 Å². The van der Waals surface area contributed by atoms with Crippen molar-refractivity contribution in [2.24, 2.45) is 11.8 Å². The number of nitrogens with two attached hydrogens (primary N) is 1. The van der Waals surface area contributed by atoms with Crippen molar-refractivity contribution in [1.82, 2.24) is 15.4 Å². The predicted molar refractivity (Wildman–Crippen MR) is 76.6 cm³/mol. The zero-order chi connectivity index (χ0) is 13.8. The summed E-state index contributed by atoms with van der Waals surface area (Å²) < 4.78 is 6.17. The summed E-state index contributed by atoms with van der Waals surface area (Å²) in [6.45, 7) is 0.844. The van der Waals surface area contributed by atoms with Gasteiger partial charge in [0.2, 0.25) is 0 Å². The van der Waals surface area contributed by atoms with Crippen LogP contribution < -0.4 is 11.3 Å². The summed E-state index contributed by atoms with van der Waals surface area (Å²) in [5, 5.41) is 0. The van der Waals surface area contributed by atoms with Crippen LogP contribution in [0.2, 0.25) is 0 Å². The summed E-state index contributed by atoms with van der Waals surface area (Å²) in [6.07, 6.45) is 13.8. The van der Waals surface area contributed by atoms with Crippen LogP contribution in [0.25, 0.3) is 0 Å². The van der Waals surface area contributed by atoms with E-state index in [9.17, 15) is 0 Å². The molecule has 1 saturated heterocycles. The quantitative estimate of drug-likeness (QED) is 0.653. The molecule has 1 spiro atoms. The zero-order valence-corrected chi connectivity index (χ0v) is 11.9. The van der Waals surface area contributed by atoms with Gasteiger partial charge in [0, 0.05) is 24.6 Å². The number of aromatic nitrogens is 2. The van der Waals surface area contributed by atoms with Crippen LogP contribution in [0.5, 0.6) is 0 Å². The number of hydrazine groups is 1. The van der Waals surface area contributed by atoms with Crippen molar-refractivity contribution in [2.75, 3.05) is 6.61 Å².